The van der Waals surface area contributed by atoms with E-state index in [1.54, 1.807) is 6.92 Å². The van der Waals surface area contributed by atoms with Crippen LogP contribution in [0.5, 0.6) is 0 Å². The van der Waals surface area contributed by atoms with Gasteiger partial charge < -0.3 is 10.3 Å². The molecule has 0 saturated carbocycles. The SMILES string of the molecule is Cc1cc(=O)n(Cc2cc(F)ccc2C#N)cc1N. The Labute approximate surface area is 109 Å². The van der Waals surface area contributed by atoms with Crippen LogP contribution in [0, 0.1) is 24.1 Å². The lowest BCUT2D eigenvalue weighted by molar-refractivity contribution is 0.622. The van der Waals surface area contributed by atoms with Crippen LogP contribution in [0.3, 0.4) is 0 Å². The Morgan fingerprint density at radius 2 is 2.16 bits per heavy atom. The van der Waals surface area contributed by atoms with Crippen molar-refractivity contribution in [1.29, 1.82) is 5.26 Å². The Kier molecular flexibility index (Phi) is 3.34. The third kappa shape index (κ3) is 2.63. The van der Waals surface area contributed by atoms with Gasteiger partial charge in [0.05, 0.1) is 23.9 Å². The zero-order chi connectivity index (χ0) is 14.0. The lowest BCUT2D eigenvalue weighted by Gasteiger charge is -2.09. The number of nitrogens with two attached hydrogens (primary N) is 1. The van der Waals surface area contributed by atoms with E-state index in [1.807, 2.05) is 6.07 Å². The van der Waals surface area contributed by atoms with Gasteiger partial charge in [0, 0.05) is 12.3 Å². The molecule has 0 aliphatic carbocycles. The molecule has 2 aromatic rings. The van der Waals surface area contributed by atoms with Crippen molar-refractivity contribution in [2.75, 3.05) is 5.73 Å². The van der Waals surface area contributed by atoms with Crippen LogP contribution in [-0.2, 0) is 6.54 Å². The van der Waals surface area contributed by atoms with Gasteiger partial charge in [-0.25, -0.2) is 4.39 Å². The summed E-state index contributed by atoms with van der Waals surface area (Å²) in [7, 11) is 0. The van der Waals surface area contributed by atoms with Crippen molar-refractivity contribution in [3.8, 4) is 6.07 Å². The van der Waals surface area contributed by atoms with Gasteiger partial charge in [-0.1, -0.05) is 0 Å². The summed E-state index contributed by atoms with van der Waals surface area (Å²) in [6.07, 6.45) is 1.50. The predicted molar refractivity (Wildman–Crippen MR) is 70.1 cm³/mol. The highest BCUT2D eigenvalue weighted by molar-refractivity contribution is 5.44. The van der Waals surface area contributed by atoms with Crippen molar-refractivity contribution < 1.29 is 4.39 Å². The highest BCUT2D eigenvalue weighted by Crippen LogP contribution is 2.13. The van der Waals surface area contributed by atoms with Gasteiger partial charge in [-0.2, -0.15) is 5.26 Å². The standard InChI is InChI=1S/C14H12FN3O/c1-9-4-14(19)18(8-13(9)17)7-11-5-12(15)3-2-10(11)6-16/h2-5,8H,7,17H2,1H3. The zero-order valence-electron chi connectivity index (χ0n) is 10.4. The second-order valence-electron chi connectivity index (χ2n) is 4.29. The lowest BCUT2D eigenvalue weighted by Crippen LogP contribution is -2.21. The summed E-state index contributed by atoms with van der Waals surface area (Å²) in [4.78, 5) is 11.8. The molecule has 0 aliphatic rings. The molecule has 0 unspecified atom stereocenters. The van der Waals surface area contributed by atoms with E-state index in [0.717, 1.165) is 0 Å². The van der Waals surface area contributed by atoms with Crippen molar-refractivity contribution in [3.63, 3.8) is 0 Å². The second kappa shape index (κ2) is 4.94. The molecule has 2 N–H and O–H groups in total. The number of benzene rings is 1. The van der Waals surface area contributed by atoms with Gasteiger partial charge >= 0.3 is 0 Å². The molecule has 0 bridgehead atoms. The average Bonchev–Trinajstić information content (AvgIpc) is 2.36. The monoisotopic (exact) mass is 257 g/mol. The maximum Gasteiger partial charge on any atom is 0.251 e. The quantitative estimate of drug-likeness (QED) is 0.891. The van der Waals surface area contributed by atoms with E-state index in [-0.39, 0.29) is 12.1 Å². The third-order valence-electron chi connectivity index (χ3n) is 2.90. The summed E-state index contributed by atoms with van der Waals surface area (Å²) in [5, 5.41) is 8.97. The minimum absolute atomic E-state index is 0.115. The maximum absolute atomic E-state index is 13.2. The molecule has 0 atom stereocenters. The Morgan fingerprint density at radius 1 is 1.42 bits per heavy atom. The van der Waals surface area contributed by atoms with E-state index >= 15 is 0 Å². The summed E-state index contributed by atoms with van der Waals surface area (Å²) in [5.74, 6) is -0.442. The number of rotatable bonds is 2. The smallest absolute Gasteiger partial charge is 0.251 e. The van der Waals surface area contributed by atoms with Gasteiger partial charge in [-0.3, -0.25) is 4.79 Å². The van der Waals surface area contributed by atoms with Gasteiger partial charge in [-0.05, 0) is 36.2 Å². The normalized spacial score (nSPS) is 10.2. The van der Waals surface area contributed by atoms with Crippen molar-refractivity contribution in [2.45, 2.75) is 13.5 Å². The first-order valence-corrected chi connectivity index (χ1v) is 5.66. The molecule has 1 aromatic heterocycles. The predicted octanol–water partition coefficient (Wildman–Crippen LogP) is 1.80. The summed E-state index contributed by atoms with van der Waals surface area (Å²) in [6, 6.07) is 7.26. The number of aromatic nitrogens is 1. The first-order chi connectivity index (χ1) is 9.01. The number of anilines is 1. The number of pyridine rings is 1. The number of nitrogens with zero attached hydrogens (tertiary/aromatic N) is 2. The van der Waals surface area contributed by atoms with Crippen molar-refractivity contribution in [1.82, 2.24) is 4.57 Å². The van der Waals surface area contributed by atoms with Crippen LogP contribution in [0.15, 0.2) is 35.3 Å². The fraction of sp³-hybridized carbons (Fsp3) is 0.143. The summed E-state index contributed by atoms with van der Waals surface area (Å²) < 4.78 is 14.6. The van der Waals surface area contributed by atoms with Crippen LogP contribution in [0.4, 0.5) is 10.1 Å². The molecule has 96 valence electrons. The van der Waals surface area contributed by atoms with Crippen LogP contribution in [0.1, 0.15) is 16.7 Å². The van der Waals surface area contributed by atoms with Crippen LogP contribution >= 0.6 is 0 Å². The third-order valence-corrected chi connectivity index (χ3v) is 2.90. The second-order valence-corrected chi connectivity index (χ2v) is 4.29. The van der Waals surface area contributed by atoms with E-state index in [9.17, 15) is 9.18 Å². The number of aryl methyl sites for hydroxylation is 1. The number of hydrogen-bond acceptors (Lipinski definition) is 3. The average molecular weight is 257 g/mol. The molecule has 0 fully saturated rings. The van der Waals surface area contributed by atoms with Crippen LogP contribution < -0.4 is 11.3 Å². The first-order valence-electron chi connectivity index (χ1n) is 5.66. The van der Waals surface area contributed by atoms with Crippen molar-refractivity contribution in [3.05, 3.63) is 63.3 Å². The molecule has 0 spiro atoms. The van der Waals surface area contributed by atoms with E-state index in [2.05, 4.69) is 0 Å². The molecular weight excluding hydrogens is 245 g/mol. The molecule has 1 aromatic carbocycles. The minimum Gasteiger partial charge on any atom is -0.397 e. The maximum atomic E-state index is 13.2. The molecule has 4 nitrogen and oxygen atoms in total. The Balaban J connectivity index is 2.48. The minimum atomic E-state index is -0.442. The number of hydrogen-bond donors (Lipinski definition) is 1. The molecule has 0 aliphatic heterocycles. The Hall–Kier alpha value is -2.61. The van der Waals surface area contributed by atoms with Gasteiger partial charge in [0.15, 0.2) is 0 Å². The van der Waals surface area contributed by atoms with E-state index < -0.39 is 5.82 Å². The topological polar surface area (TPSA) is 71.8 Å². The van der Waals surface area contributed by atoms with E-state index in [1.165, 1.54) is 35.0 Å². The fourth-order valence-corrected chi connectivity index (χ4v) is 1.79. The van der Waals surface area contributed by atoms with Crippen LogP contribution in [0.2, 0.25) is 0 Å². The lowest BCUT2D eigenvalue weighted by atomic mass is 10.1. The molecule has 0 radical (unpaired) electrons. The van der Waals surface area contributed by atoms with Gasteiger partial charge in [-0.15, -0.1) is 0 Å². The summed E-state index contributed by atoms with van der Waals surface area (Å²) >= 11 is 0. The van der Waals surface area contributed by atoms with Gasteiger partial charge in [0.25, 0.3) is 5.56 Å². The van der Waals surface area contributed by atoms with Crippen molar-refractivity contribution >= 4 is 5.69 Å². The van der Waals surface area contributed by atoms with E-state index in [4.69, 9.17) is 11.0 Å². The molecular formula is C14H12FN3O. The molecule has 19 heavy (non-hydrogen) atoms. The molecule has 0 saturated heterocycles. The number of nitriles is 1. The van der Waals surface area contributed by atoms with Gasteiger partial charge in [0.1, 0.15) is 5.82 Å². The molecule has 2 rings (SSSR count). The van der Waals surface area contributed by atoms with Gasteiger partial charge in [0.2, 0.25) is 0 Å². The summed E-state index contributed by atoms with van der Waals surface area (Å²) in [5.41, 5.74) is 7.48. The molecule has 0 amide bonds. The largest absolute Gasteiger partial charge is 0.397 e. The number of halogens is 1. The van der Waals surface area contributed by atoms with E-state index in [0.29, 0.717) is 22.4 Å². The first kappa shape index (κ1) is 12.8. The van der Waals surface area contributed by atoms with Crippen molar-refractivity contribution in [2.24, 2.45) is 0 Å². The Bertz CT molecular complexity index is 728. The Morgan fingerprint density at radius 3 is 2.84 bits per heavy atom. The fourth-order valence-electron chi connectivity index (χ4n) is 1.79. The molecule has 1 heterocycles. The molecule has 5 heteroatoms. The summed E-state index contributed by atoms with van der Waals surface area (Å²) in [6.45, 7) is 1.86. The highest BCUT2D eigenvalue weighted by atomic mass is 19.1. The number of nitrogen functional groups attached to an aromatic ring is 1. The van der Waals surface area contributed by atoms with Crippen LogP contribution in [-0.4, -0.2) is 4.57 Å². The zero-order valence-corrected chi connectivity index (χ0v) is 10.4. The van der Waals surface area contributed by atoms with Crippen LogP contribution in [0.25, 0.3) is 0 Å². The highest BCUT2D eigenvalue weighted by Gasteiger charge is 2.07.